The predicted molar refractivity (Wildman–Crippen MR) is 89.2 cm³/mol. The van der Waals surface area contributed by atoms with Gasteiger partial charge in [-0.05, 0) is 42.0 Å². The van der Waals surface area contributed by atoms with Crippen LogP contribution in [-0.4, -0.2) is 28.4 Å². The zero-order valence-electron chi connectivity index (χ0n) is 13.0. The fourth-order valence-electron chi connectivity index (χ4n) is 3.23. The maximum atomic E-state index is 13.3. The van der Waals surface area contributed by atoms with Crippen LogP contribution in [-0.2, 0) is 16.0 Å². The number of likely N-dealkylation sites (tertiary alicyclic amines) is 1. The molecule has 126 valence electrons. The third-order valence-corrected chi connectivity index (χ3v) is 5.33. The molecule has 2 heterocycles. The Balaban J connectivity index is 1.84. The number of carboxylic acid groups (broad SMARTS) is 1. The number of carbonyl (C=O) groups excluding carboxylic acids is 1. The highest BCUT2D eigenvalue weighted by Gasteiger charge is 2.40. The number of rotatable bonds is 5. The van der Waals surface area contributed by atoms with Crippen LogP contribution in [0, 0.1) is 11.7 Å². The SMILES string of the molecule is O=C(O)[C@H]1CCC(=O)N(CCc2cccc(F)c2)[C@H]1c1cccs1. The summed E-state index contributed by atoms with van der Waals surface area (Å²) in [7, 11) is 0. The van der Waals surface area contributed by atoms with Crippen LogP contribution in [0.3, 0.4) is 0 Å². The Morgan fingerprint density at radius 3 is 2.83 bits per heavy atom. The Morgan fingerprint density at radius 2 is 2.17 bits per heavy atom. The highest BCUT2D eigenvalue weighted by Crippen LogP contribution is 2.38. The van der Waals surface area contributed by atoms with Gasteiger partial charge in [0, 0.05) is 17.8 Å². The van der Waals surface area contributed by atoms with Gasteiger partial charge in [0.05, 0.1) is 12.0 Å². The predicted octanol–water partition coefficient (Wildman–Crippen LogP) is 3.49. The van der Waals surface area contributed by atoms with E-state index < -0.39 is 17.9 Å². The Hall–Kier alpha value is -2.21. The van der Waals surface area contributed by atoms with Crippen LogP contribution >= 0.6 is 11.3 Å². The lowest BCUT2D eigenvalue weighted by atomic mass is 9.87. The van der Waals surface area contributed by atoms with Crippen LogP contribution in [0.1, 0.15) is 29.3 Å². The number of aliphatic carboxylic acids is 1. The van der Waals surface area contributed by atoms with Gasteiger partial charge < -0.3 is 10.0 Å². The number of benzene rings is 1. The summed E-state index contributed by atoms with van der Waals surface area (Å²) in [4.78, 5) is 26.6. The summed E-state index contributed by atoms with van der Waals surface area (Å²) in [5.74, 6) is -1.83. The van der Waals surface area contributed by atoms with Crippen molar-refractivity contribution in [2.24, 2.45) is 5.92 Å². The van der Waals surface area contributed by atoms with Crippen LogP contribution in [0.2, 0.25) is 0 Å². The number of carboxylic acids is 1. The average molecular weight is 347 g/mol. The molecule has 1 aliphatic rings. The van der Waals surface area contributed by atoms with Crippen LogP contribution in [0.25, 0.3) is 0 Å². The molecule has 0 radical (unpaired) electrons. The van der Waals surface area contributed by atoms with Gasteiger partial charge in [0.15, 0.2) is 0 Å². The monoisotopic (exact) mass is 347 g/mol. The second kappa shape index (κ2) is 7.13. The summed E-state index contributed by atoms with van der Waals surface area (Å²) < 4.78 is 13.3. The number of hydrogen-bond acceptors (Lipinski definition) is 3. The van der Waals surface area contributed by atoms with E-state index in [-0.39, 0.29) is 18.1 Å². The molecule has 0 unspecified atom stereocenters. The van der Waals surface area contributed by atoms with Crippen molar-refractivity contribution in [2.75, 3.05) is 6.54 Å². The molecule has 4 nitrogen and oxygen atoms in total. The van der Waals surface area contributed by atoms with Gasteiger partial charge in [-0.1, -0.05) is 18.2 Å². The minimum atomic E-state index is -0.878. The van der Waals surface area contributed by atoms with E-state index in [1.54, 1.807) is 11.0 Å². The van der Waals surface area contributed by atoms with E-state index in [9.17, 15) is 19.1 Å². The summed E-state index contributed by atoms with van der Waals surface area (Å²) >= 11 is 1.46. The van der Waals surface area contributed by atoms with Crippen molar-refractivity contribution >= 4 is 23.2 Å². The Kier molecular flexibility index (Phi) is 4.94. The molecule has 3 rings (SSSR count). The van der Waals surface area contributed by atoms with Crippen LogP contribution < -0.4 is 0 Å². The molecule has 2 aromatic rings. The van der Waals surface area contributed by atoms with Gasteiger partial charge in [0.1, 0.15) is 5.82 Å². The number of hydrogen-bond donors (Lipinski definition) is 1. The van der Waals surface area contributed by atoms with Gasteiger partial charge in [-0.2, -0.15) is 0 Å². The fourth-order valence-corrected chi connectivity index (χ4v) is 4.13. The largest absolute Gasteiger partial charge is 0.481 e. The lowest BCUT2D eigenvalue weighted by molar-refractivity contribution is -0.151. The number of piperidine rings is 1. The maximum absolute atomic E-state index is 13.3. The standard InChI is InChI=1S/C18H18FNO3S/c19-13-4-1-3-12(11-13)8-9-20-16(21)7-6-14(18(22)23)17(20)15-5-2-10-24-15/h1-5,10-11,14,17H,6-9H2,(H,22,23)/t14-,17+/m0/s1. The molecule has 1 aromatic heterocycles. The minimum Gasteiger partial charge on any atom is -0.481 e. The zero-order valence-corrected chi connectivity index (χ0v) is 13.8. The van der Waals surface area contributed by atoms with Crippen molar-refractivity contribution in [2.45, 2.75) is 25.3 Å². The number of halogens is 1. The first-order valence-electron chi connectivity index (χ1n) is 7.86. The lowest BCUT2D eigenvalue weighted by Gasteiger charge is -2.39. The third kappa shape index (κ3) is 3.48. The summed E-state index contributed by atoms with van der Waals surface area (Å²) in [5, 5.41) is 11.4. The van der Waals surface area contributed by atoms with E-state index in [0.29, 0.717) is 19.4 Å². The summed E-state index contributed by atoms with van der Waals surface area (Å²) in [6, 6.07) is 9.57. The van der Waals surface area contributed by atoms with Crippen LogP contribution in [0.15, 0.2) is 41.8 Å². The molecule has 1 fully saturated rings. The summed E-state index contributed by atoms with van der Waals surface area (Å²) in [6.07, 6.45) is 1.09. The summed E-state index contributed by atoms with van der Waals surface area (Å²) in [6.45, 7) is 0.384. The molecule has 0 aliphatic carbocycles. The van der Waals surface area contributed by atoms with E-state index in [1.165, 1.54) is 23.5 Å². The topological polar surface area (TPSA) is 57.6 Å². The first kappa shape index (κ1) is 16.6. The molecular formula is C18H18FNO3S. The molecule has 1 aliphatic heterocycles. The zero-order chi connectivity index (χ0) is 17.1. The first-order chi connectivity index (χ1) is 11.6. The van der Waals surface area contributed by atoms with Crippen molar-refractivity contribution < 1.29 is 19.1 Å². The van der Waals surface area contributed by atoms with Crippen molar-refractivity contribution in [3.63, 3.8) is 0 Å². The molecule has 1 amide bonds. The fraction of sp³-hybridized carbons (Fsp3) is 0.333. The molecule has 1 N–H and O–H groups in total. The van der Waals surface area contributed by atoms with Gasteiger partial charge in [-0.25, -0.2) is 4.39 Å². The summed E-state index contributed by atoms with van der Waals surface area (Å²) in [5.41, 5.74) is 0.796. The van der Waals surface area contributed by atoms with E-state index >= 15 is 0 Å². The molecule has 0 bridgehead atoms. The van der Waals surface area contributed by atoms with Crippen molar-refractivity contribution in [1.29, 1.82) is 0 Å². The van der Waals surface area contributed by atoms with E-state index in [2.05, 4.69) is 0 Å². The molecule has 0 spiro atoms. The first-order valence-corrected chi connectivity index (χ1v) is 8.74. The van der Waals surface area contributed by atoms with Crippen LogP contribution in [0.5, 0.6) is 0 Å². The highest BCUT2D eigenvalue weighted by atomic mass is 32.1. The van der Waals surface area contributed by atoms with Gasteiger partial charge in [-0.3, -0.25) is 9.59 Å². The number of carbonyl (C=O) groups is 2. The van der Waals surface area contributed by atoms with Crippen molar-refractivity contribution in [3.05, 3.63) is 58.0 Å². The normalized spacial score (nSPS) is 21.0. The van der Waals surface area contributed by atoms with Crippen molar-refractivity contribution in [3.8, 4) is 0 Å². The number of thiophene rings is 1. The second-order valence-corrected chi connectivity index (χ2v) is 6.89. The van der Waals surface area contributed by atoms with Gasteiger partial charge >= 0.3 is 5.97 Å². The van der Waals surface area contributed by atoms with Crippen LogP contribution in [0.4, 0.5) is 4.39 Å². The molecule has 2 atom stereocenters. The van der Waals surface area contributed by atoms with E-state index in [4.69, 9.17) is 0 Å². The molecular weight excluding hydrogens is 329 g/mol. The Morgan fingerprint density at radius 1 is 1.33 bits per heavy atom. The van der Waals surface area contributed by atoms with E-state index in [0.717, 1.165) is 10.4 Å². The smallest absolute Gasteiger partial charge is 0.308 e. The molecule has 1 aromatic carbocycles. The lowest BCUT2D eigenvalue weighted by Crippen LogP contribution is -2.45. The third-order valence-electron chi connectivity index (χ3n) is 4.39. The maximum Gasteiger partial charge on any atom is 0.308 e. The highest BCUT2D eigenvalue weighted by molar-refractivity contribution is 7.10. The van der Waals surface area contributed by atoms with E-state index in [1.807, 2.05) is 23.6 Å². The molecule has 6 heteroatoms. The van der Waals surface area contributed by atoms with Crippen molar-refractivity contribution in [1.82, 2.24) is 4.90 Å². The quantitative estimate of drug-likeness (QED) is 0.901. The second-order valence-electron chi connectivity index (χ2n) is 5.91. The molecule has 0 saturated carbocycles. The van der Waals surface area contributed by atoms with Gasteiger partial charge in [0.25, 0.3) is 0 Å². The Labute approximate surface area is 143 Å². The average Bonchev–Trinajstić information content (AvgIpc) is 3.07. The minimum absolute atomic E-state index is 0.0395. The molecule has 24 heavy (non-hydrogen) atoms. The van der Waals surface area contributed by atoms with Gasteiger partial charge in [-0.15, -0.1) is 11.3 Å². The molecule has 1 saturated heterocycles. The number of amides is 1. The Bertz CT molecular complexity index is 732. The van der Waals surface area contributed by atoms with Gasteiger partial charge in [0.2, 0.25) is 5.91 Å². The number of nitrogens with zero attached hydrogens (tertiary/aromatic N) is 1.